The van der Waals surface area contributed by atoms with Crippen molar-refractivity contribution in [3.63, 3.8) is 0 Å². The molecule has 2 amide bonds. The molecule has 0 saturated carbocycles. The molecule has 0 aliphatic heterocycles. The van der Waals surface area contributed by atoms with Gasteiger partial charge in [0.15, 0.2) is 0 Å². The van der Waals surface area contributed by atoms with Crippen molar-refractivity contribution in [1.29, 1.82) is 0 Å². The fraction of sp³-hybridized carbons (Fsp3) is 0.310. The van der Waals surface area contributed by atoms with Gasteiger partial charge >= 0.3 is 0 Å². The summed E-state index contributed by atoms with van der Waals surface area (Å²) in [6.45, 7) is 7.31. The van der Waals surface area contributed by atoms with Crippen LogP contribution in [0.5, 0.6) is 0 Å². The van der Waals surface area contributed by atoms with Crippen molar-refractivity contribution < 1.29 is 22.4 Å². The van der Waals surface area contributed by atoms with E-state index in [4.69, 9.17) is 11.6 Å². The average molecular weight is 574 g/mol. The molecule has 0 fully saturated rings. The Morgan fingerprint density at radius 1 is 0.974 bits per heavy atom. The van der Waals surface area contributed by atoms with Crippen LogP contribution in [0.4, 0.5) is 10.1 Å². The molecule has 39 heavy (non-hydrogen) atoms. The number of benzene rings is 3. The predicted molar refractivity (Wildman–Crippen MR) is 151 cm³/mol. The van der Waals surface area contributed by atoms with Gasteiger partial charge in [0.25, 0.3) is 10.0 Å². The lowest BCUT2D eigenvalue weighted by molar-refractivity contribution is -0.139. The minimum atomic E-state index is -4.26. The molecule has 0 aromatic heterocycles. The van der Waals surface area contributed by atoms with Crippen molar-refractivity contribution in [1.82, 2.24) is 10.2 Å². The lowest BCUT2D eigenvalue weighted by Crippen LogP contribution is -2.51. The number of halogens is 2. The SMILES string of the molecule is Cc1ccccc1CN(C(=O)CN(c1ccc(F)c(Cl)c1)S(=O)(=O)c1ccccc1)[C@@H](C)C(=O)NCC(C)C. The van der Waals surface area contributed by atoms with Gasteiger partial charge in [-0.05, 0) is 61.2 Å². The molecule has 7 nitrogen and oxygen atoms in total. The van der Waals surface area contributed by atoms with Gasteiger partial charge in [-0.3, -0.25) is 13.9 Å². The van der Waals surface area contributed by atoms with Gasteiger partial charge in [0.2, 0.25) is 11.8 Å². The van der Waals surface area contributed by atoms with Crippen LogP contribution >= 0.6 is 11.6 Å². The minimum absolute atomic E-state index is 0.0198. The number of hydrogen-bond acceptors (Lipinski definition) is 4. The van der Waals surface area contributed by atoms with E-state index in [-0.39, 0.29) is 34.0 Å². The topological polar surface area (TPSA) is 86.8 Å². The van der Waals surface area contributed by atoms with E-state index < -0.39 is 34.3 Å². The van der Waals surface area contributed by atoms with E-state index in [0.29, 0.717) is 6.54 Å². The van der Waals surface area contributed by atoms with Crippen LogP contribution in [0.3, 0.4) is 0 Å². The van der Waals surface area contributed by atoms with E-state index in [2.05, 4.69) is 5.32 Å². The number of nitrogens with one attached hydrogen (secondary N) is 1. The number of amides is 2. The summed E-state index contributed by atoms with van der Waals surface area (Å²) in [5, 5.41) is 2.56. The maximum atomic E-state index is 14.0. The quantitative estimate of drug-likeness (QED) is 0.343. The number of carbonyl (C=O) groups is 2. The van der Waals surface area contributed by atoms with E-state index >= 15 is 0 Å². The summed E-state index contributed by atoms with van der Waals surface area (Å²) < 4.78 is 42.3. The van der Waals surface area contributed by atoms with Crippen LogP contribution in [0, 0.1) is 18.7 Å². The van der Waals surface area contributed by atoms with Gasteiger partial charge in [-0.2, -0.15) is 0 Å². The summed E-state index contributed by atoms with van der Waals surface area (Å²) in [6.07, 6.45) is 0. The Balaban J connectivity index is 2.03. The van der Waals surface area contributed by atoms with Gasteiger partial charge in [0.1, 0.15) is 18.4 Å². The number of aryl methyl sites for hydroxylation is 1. The Kier molecular flexibility index (Phi) is 10.1. The Morgan fingerprint density at radius 3 is 2.23 bits per heavy atom. The highest BCUT2D eigenvalue weighted by atomic mass is 35.5. The Bertz CT molecular complexity index is 1420. The van der Waals surface area contributed by atoms with Crippen LogP contribution in [0.15, 0.2) is 77.7 Å². The van der Waals surface area contributed by atoms with Gasteiger partial charge in [0.05, 0.1) is 15.6 Å². The molecule has 0 heterocycles. The minimum Gasteiger partial charge on any atom is -0.354 e. The monoisotopic (exact) mass is 573 g/mol. The van der Waals surface area contributed by atoms with Crippen molar-refractivity contribution in [3.8, 4) is 0 Å². The first-order valence-corrected chi connectivity index (χ1v) is 14.4. The maximum Gasteiger partial charge on any atom is 0.264 e. The third-order valence-electron chi connectivity index (χ3n) is 6.26. The number of sulfonamides is 1. The largest absolute Gasteiger partial charge is 0.354 e. The Morgan fingerprint density at radius 2 is 1.62 bits per heavy atom. The molecule has 0 spiro atoms. The molecule has 1 N–H and O–H groups in total. The van der Waals surface area contributed by atoms with Crippen molar-refractivity contribution >= 4 is 39.1 Å². The van der Waals surface area contributed by atoms with Gasteiger partial charge in [-0.1, -0.05) is 67.9 Å². The molecular formula is C29H33ClFN3O4S. The third-order valence-corrected chi connectivity index (χ3v) is 8.33. The number of nitrogens with zero attached hydrogens (tertiary/aromatic N) is 2. The Hall–Kier alpha value is -3.43. The van der Waals surface area contributed by atoms with Crippen LogP contribution in [0.25, 0.3) is 0 Å². The van der Waals surface area contributed by atoms with Crippen molar-refractivity contribution in [2.45, 2.75) is 45.2 Å². The molecule has 208 valence electrons. The second-order valence-electron chi connectivity index (χ2n) is 9.69. The zero-order chi connectivity index (χ0) is 28.7. The highest BCUT2D eigenvalue weighted by Crippen LogP contribution is 2.28. The van der Waals surface area contributed by atoms with Crippen LogP contribution in [0.1, 0.15) is 31.9 Å². The second-order valence-corrected chi connectivity index (χ2v) is 12.0. The van der Waals surface area contributed by atoms with E-state index in [9.17, 15) is 22.4 Å². The molecule has 0 aliphatic carbocycles. The molecular weight excluding hydrogens is 541 g/mol. The van der Waals surface area contributed by atoms with Gasteiger partial charge < -0.3 is 10.2 Å². The molecule has 0 aliphatic rings. The molecule has 3 aromatic rings. The zero-order valence-corrected chi connectivity index (χ0v) is 24.0. The molecule has 0 radical (unpaired) electrons. The second kappa shape index (κ2) is 13.1. The molecule has 1 atom stereocenters. The smallest absolute Gasteiger partial charge is 0.264 e. The van der Waals surface area contributed by atoms with Gasteiger partial charge in [-0.15, -0.1) is 0 Å². The maximum absolute atomic E-state index is 14.0. The van der Waals surface area contributed by atoms with Crippen LogP contribution in [-0.2, 0) is 26.2 Å². The molecule has 0 bridgehead atoms. The van der Waals surface area contributed by atoms with Crippen molar-refractivity contribution in [2.75, 3.05) is 17.4 Å². The van der Waals surface area contributed by atoms with Crippen LogP contribution < -0.4 is 9.62 Å². The molecule has 3 rings (SSSR count). The van der Waals surface area contributed by atoms with E-state index in [0.717, 1.165) is 27.6 Å². The normalized spacial score (nSPS) is 12.2. The first kappa shape index (κ1) is 30.1. The molecule has 10 heteroatoms. The first-order chi connectivity index (χ1) is 18.4. The van der Waals surface area contributed by atoms with Crippen LogP contribution in [-0.4, -0.2) is 44.3 Å². The van der Waals surface area contributed by atoms with Crippen molar-refractivity contribution in [2.24, 2.45) is 5.92 Å². The summed E-state index contributed by atoms with van der Waals surface area (Å²) in [5.74, 6) is -1.48. The summed E-state index contributed by atoms with van der Waals surface area (Å²) in [4.78, 5) is 28.2. The standard InChI is InChI=1S/C29H33ClFN3O4S/c1-20(2)17-32-29(36)22(4)33(18-23-11-9-8-10-21(23)3)28(35)19-34(24-14-15-27(31)26(30)16-24)39(37,38)25-12-6-5-7-13-25/h5-16,20,22H,17-19H2,1-4H3,(H,32,36)/t22-/m0/s1. The molecule has 3 aromatic carbocycles. The highest BCUT2D eigenvalue weighted by Gasteiger charge is 2.33. The molecule has 0 saturated heterocycles. The summed E-state index contributed by atoms with van der Waals surface area (Å²) in [7, 11) is -4.26. The lowest BCUT2D eigenvalue weighted by atomic mass is 10.1. The predicted octanol–water partition coefficient (Wildman–Crippen LogP) is 5.17. The summed E-state index contributed by atoms with van der Waals surface area (Å²) >= 11 is 5.99. The van der Waals surface area contributed by atoms with E-state index in [1.54, 1.807) is 25.1 Å². The fourth-order valence-electron chi connectivity index (χ4n) is 3.89. The average Bonchev–Trinajstić information content (AvgIpc) is 2.91. The Labute approximate surface area is 234 Å². The van der Waals surface area contributed by atoms with Crippen LogP contribution in [0.2, 0.25) is 5.02 Å². The van der Waals surface area contributed by atoms with Crippen molar-refractivity contribution in [3.05, 3.63) is 94.8 Å². The summed E-state index contributed by atoms with van der Waals surface area (Å²) in [5.41, 5.74) is 1.76. The zero-order valence-electron chi connectivity index (χ0n) is 22.4. The number of anilines is 1. The van der Waals surface area contributed by atoms with E-state index in [1.807, 2.05) is 45.0 Å². The van der Waals surface area contributed by atoms with Gasteiger partial charge in [0, 0.05) is 13.1 Å². The summed E-state index contributed by atoms with van der Waals surface area (Å²) in [6, 6.07) is 17.6. The highest BCUT2D eigenvalue weighted by molar-refractivity contribution is 7.92. The number of carbonyl (C=O) groups excluding carboxylic acids is 2. The molecule has 0 unspecified atom stereocenters. The lowest BCUT2D eigenvalue weighted by Gasteiger charge is -2.32. The number of rotatable bonds is 11. The van der Waals surface area contributed by atoms with E-state index in [1.165, 1.54) is 23.1 Å². The van der Waals surface area contributed by atoms with Gasteiger partial charge in [-0.25, -0.2) is 12.8 Å². The third kappa shape index (κ3) is 7.58. The number of hydrogen-bond donors (Lipinski definition) is 1. The fourth-order valence-corrected chi connectivity index (χ4v) is 5.50. The first-order valence-electron chi connectivity index (χ1n) is 12.6.